The zero-order chi connectivity index (χ0) is 12.8. The zero-order valence-corrected chi connectivity index (χ0v) is 10.0. The summed E-state index contributed by atoms with van der Waals surface area (Å²) in [5.74, 6) is -0.391. The molecule has 0 heterocycles. The van der Waals surface area contributed by atoms with E-state index in [1.54, 1.807) is 0 Å². The Labute approximate surface area is 100 Å². The molecule has 3 amide bonds. The van der Waals surface area contributed by atoms with Crippen molar-refractivity contribution in [1.82, 2.24) is 5.32 Å². The van der Waals surface area contributed by atoms with Crippen LogP contribution in [0.5, 0.6) is 0 Å². The fourth-order valence-corrected chi connectivity index (χ4v) is 1.59. The van der Waals surface area contributed by atoms with E-state index >= 15 is 0 Å². The summed E-state index contributed by atoms with van der Waals surface area (Å²) in [6.07, 6.45) is 0. The second kappa shape index (κ2) is 6.00. The Morgan fingerprint density at radius 3 is 2.29 bits per heavy atom. The number of imide groups is 1. The smallest absolute Gasteiger partial charge is 0.319 e. The number of amides is 3. The number of carbonyl (C=O) groups is 2. The van der Waals surface area contributed by atoms with Crippen molar-refractivity contribution >= 4 is 11.9 Å². The van der Waals surface area contributed by atoms with Crippen LogP contribution >= 0.6 is 0 Å². The van der Waals surface area contributed by atoms with Gasteiger partial charge in [0.15, 0.2) is 6.04 Å². The highest BCUT2D eigenvalue weighted by Gasteiger charge is 2.25. The standard InChI is InChI=1S/C12H17N3O2/c1-8(2)14-10(11(16)15-12(13)17)9-6-4-3-5-7-9/h3-8,10,14H,1-2H3,(H3,13,15,16,17)/p+1/t10-/m0/s1. The topological polar surface area (TPSA) is 88.8 Å². The van der Waals surface area contributed by atoms with Gasteiger partial charge in [0.2, 0.25) is 0 Å². The van der Waals surface area contributed by atoms with E-state index in [0.717, 1.165) is 5.56 Å². The molecule has 1 aromatic carbocycles. The monoisotopic (exact) mass is 236 g/mol. The molecule has 0 fully saturated rings. The van der Waals surface area contributed by atoms with Gasteiger partial charge < -0.3 is 11.1 Å². The minimum Gasteiger partial charge on any atom is -0.351 e. The Hall–Kier alpha value is -1.88. The van der Waals surface area contributed by atoms with Crippen LogP contribution in [-0.2, 0) is 4.79 Å². The van der Waals surface area contributed by atoms with Gasteiger partial charge >= 0.3 is 6.03 Å². The highest BCUT2D eigenvalue weighted by Crippen LogP contribution is 2.08. The third kappa shape index (κ3) is 4.24. The predicted molar refractivity (Wildman–Crippen MR) is 64.0 cm³/mol. The maximum atomic E-state index is 11.8. The average Bonchev–Trinajstić information content (AvgIpc) is 2.25. The van der Waals surface area contributed by atoms with E-state index in [9.17, 15) is 9.59 Å². The lowest BCUT2D eigenvalue weighted by molar-refractivity contribution is -0.709. The van der Waals surface area contributed by atoms with E-state index in [1.165, 1.54) is 0 Å². The van der Waals surface area contributed by atoms with E-state index in [1.807, 2.05) is 49.5 Å². The summed E-state index contributed by atoms with van der Waals surface area (Å²) in [4.78, 5) is 22.6. The molecule has 1 aromatic rings. The van der Waals surface area contributed by atoms with Crippen LogP contribution in [0.4, 0.5) is 4.79 Å². The summed E-state index contributed by atoms with van der Waals surface area (Å²) in [5.41, 5.74) is 5.80. The number of primary amides is 1. The van der Waals surface area contributed by atoms with Crippen molar-refractivity contribution in [2.75, 3.05) is 0 Å². The number of nitrogens with one attached hydrogen (secondary N) is 1. The molecular weight excluding hydrogens is 218 g/mol. The van der Waals surface area contributed by atoms with Crippen LogP contribution < -0.4 is 16.4 Å². The molecule has 0 saturated carbocycles. The first-order chi connectivity index (χ1) is 8.00. The molecule has 92 valence electrons. The highest BCUT2D eigenvalue weighted by molar-refractivity contribution is 5.96. The van der Waals surface area contributed by atoms with Crippen molar-refractivity contribution in [3.05, 3.63) is 35.9 Å². The molecule has 5 N–H and O–H groups in total. The molecule has 0 aromatic heterocycles. The molecule has 0 radical (unpaired) electrons. The lowest BCUT2D eigenvalue weighted by atomic mass is 10.1. The molecule has 0 bridgehead atoms. The summed E-state index contributed by atoms with van der Waals surface area (Å²) in [7, 11) is 0. The van der Waals surface area contributed by atoms with Gasteiger partial charge in [-0.05, 0) is 13.8 Å². The van der Waals surface area contributed by atoms with Crippen LogP contribution in [0.3, 0.4) is 0 Å². The third-order valence-corrected chi connectivity index (χ3v) is 2.26. The van der Waals surface area contributed by atoms with E-state index < -0.39 is 18.0 Å². The summed E-state index contributed by atoms with van der Waals surface area (Å²) >= 11 is 0. The number of hydrogen-bond donors (Lipinski definition) is 3. The molecule has 5 heteroatoms. The van der Waals surface area contributed by atoms with Crippen molar-refractivity contribution in [2.45, 2.75) is 25.9 Å². The zero-order valence-electron chi connectivity index (χ0n) is 10.0. The number of benzene rings is 1. The van der Waals surface area contributed by atoms with Gasteiger partial charge in [-0.3, -0.25) is 10.1 Å². The Morgan fingerprint density at radius 1 is 1.24 bits per heavy atom. The maximum Gasteiger partial charge on any atom is 0.319 e. The van der Waals surface area contributed by atoms with Gasteiger partial charge in [0.05, 0.1) is 6.04 Å². The fraction of sp³-hybridized carbons (Fsp3) is 0.333. The van der Waals surface area contributed by atoms with Gasteiger partial charge in [-0.15, -0.1) is 0 Å². The molecule has 0 aliphatic carbocycles. The normalized spacial score (nSPS) is 12.2. The lowest BCUT2D eigenvalue weighted by Crippen LogP contribution is -2.91. The molecule has 0 aliphatic rings. The largest absolute Gasteiger partial charge is 0.351 e. The van der Waals surface area contributed by atoms with Crippen LogP contribution in [-0.4, -0.2) is 18.0 Å². The van der Waals surface area contributed by atoms with E-state index in [-0.39, 0.29) is 6.04 Å². The first-order valence-electron chi connectivity index (χ1n) is 5.51. The van der Waals surface area contributed by atoms with Gasteiger partial charge in [-0.1, -0.05) is 30.3 Å². The van der Waals surface area contributed by atoms with Crippen molar-refractivity contribution < 1.29 is 14.9 Å². The second-order valence-corrected chi connectivity index (χ2v) is 4.18. The number of quaternary nitrogens is 1. The minimum absolute atomic E-state index is 0.235. The van der Waals surface area contributed by atoms with Crippen molar-refractivity contribution in [1.29, 1.82) is 0 Å². The number of nitrogens with two attached hydrogens (primary N) is 2. The quantitative estimate of drug-likeness (QED) is 0.681. The van der Waals surface area contributed by atoms with Gasteiger partial charge in [0.25, 0.3) is 5.91 Å². The van der Waals surface area contributed by atoms with Crippen molar-refractivity contribution in [2.24, 2.45) is 5.73 Å². The first kappa shape index (κ1) is 13.2. The predicted octanol–water partition coefficient (Wildman–Crippen LogP) is -0.106. The molecule has 1 rings (SSSR count). The third-order valence-electron chi connectivity index (χ3n) is 2.26. The summed E-state index contributed by atoms with van der Waals surface area (Å²) in [6.45, 7) is 3.96. The molecule has 5 nitrogen and oxygen atoms in total. The van der Waals surface area contributed by atoms with Crippen LogP contribution in [0.1, 0.15) is 25.5 Å². The van der Waals surface area contributed by atoms with E-state index in [4.69, 9.17) is 5.73 Å². The van der Waals surface area contributed by atoms with Gasteiger partial charge in [-0.2, -0.15) is 0 Å². The van der Waals surface area contributed by atoms with Crippen LogP contribution in [0.25, 0.3) is 0 Å². The molecule has 17 heavy (non-hydrogen) atoms. The number of hydrogen-bond acceptors (Lipinski definition) is 2. The minimum atomic E-state index is -0.826. The second-order valence-electron chi connectivity index (χ2n) is 4.18. The van der Waals surface area contributed by atoms with Crippen LogP contribution in [0.2, 0.25) is 0 Å². The van der Waals surface area contributed by atoms with Gasteiger partial charge in [0, 0.05) is 5.56 Å². The maximum absolute atomic E-state index is 11.8. The molecule has 0 unspecified atom stereocenters. The Kier molecular flexibility index (Phi) is 4.66. The van der Waals surface area contributed by atoms with Crippen LogP contribution in [0, 0.1) is 0 Å². The van der Waals surface area contributed by atoms with Crippen molar-refractivity contribution in [3.8, 4) is 0 Å². The van der Waals surface area contributed by atoms with E-state index in [0.29, 0.717) is 0 Å². The van der Waals surface area contributed by atoms with Gasteiger partial charge in [-0.25, -0.2) is 4.79 Å². The molecule has 0 aliphatic heterocycles. The van der Waals surface area contributed by atoms with E-state index in [2.05, 4.69) is 5.32 Å². The molecular formula is C12H18N3O2+. The Bertz CT molecular complexity index is 390. The van der Waals surface area contributed by atoms with Gasteiger partial charge in [0.1, 0.15) is 0 Å². The molecule has 0 spiro atoms. The molecule has 0 saturated heterocycles. The first-order valence-corrected chi connectivity index (χ1v) is 5.51. The highest BCUT2D eigenvalue weighted by atomic mass is 16.2. The summed E-state index contributed by atoms with van der Waals surface area (Å²) < 4.78 is 0. The number of rotatable bonds is 4. The fourth-order valence-electron chi connectivity index (χ4n) is 1.59. The summed E-state index contributed by atoms with van der Waals surface area (Å²) in [6, 6.07) is 8.24. The SMILES string of the molecule is CC(C)[NH2+][C@H](C(=O)NC(N)=O)c1ccccc1. The molecule has 1 atom stereocenters. The van der Waals surface area contributed by atoms with Crippen molar-refractivity contribution in [3.63, 3.8) is 0 Å². The Morgan fingerprint density at radius 2 is 1.82 bits per heavy atom. The Balaban J connectivity index is 2.88. The number of urea groups is 1. The average molecular weight is 236 g/mol. The lowest BCUT2D eigenvalue weighted by Gasteiger charge is -2.16. The van der Waals surface area contributed by atoms with Crippen LogP contribution in [0.15, 0.2) is 30.3 Å². The number of carbonyl (C=O) groups excluding carboxylic acids is 2. The summed E-state index contributed by atoms with van der Waals surface area (Å²) in [5, 5.41) is 4.00.